The van der Waals surface area contributed by atoms with Crippen molar-refractivity contribution in [3.8, 4) is 0 Å². The van der Waals surface area contributed by atoms with Crippen molar-refractivity contribution in [1.82, 2.24) is 18.3 Å². The molecule has 3 rings (SSSR count). The number of aromatic nitrogens is 2. The molecule has 130 valence electrons. The maximum absolute atomic E-state index is 12.8. The van der Waals surface area contributed by atoms with Crippen LogP contribution in [0.5, 0.6) is 0 Å². The summed E-state index contributed by atoms with van der Waals surface area (Å²) in [6, 6.07) is 4.65. The molecule has 1 saturated heterocycles. The molecule has 1 fully saturated rings. The number of rotatable bonds is 3. The van der Waals surface area contributed by atoms with E-state index in [0.29, 0.717) is 24.0 Å². The molecule has 1 aromatic heterocycles. The highest BCUT2D eigenvalue weighted by molar-refractivity contribution is 7.89. The molecule has 1 aromatic carbocycles. The molecule has 24 heavy (non-hydrogen) atoms. The first-order valence-electron chi connectivity index (χ1n) is 7.70. The van der Waals surface area contributed by atoms with E-state index in [-0.39, 0.29) is 29.7 Å². The van der Waals surface area contributed by atoms with Gasteiger partial charge >= 0.3 is 5.69 Å². The Hall–Kier alpha value is -2.13. The second-order valence-corrected chi connectivity index (χ2v) is 7.82. The van der Waals surface area contributed by atoms with Crippen LogP contribution in [-0.4, -0.2) is 52.4 Å². The van der Waals surface area contributed by atoms with Crippen molar-refractivity contribution < 1.29 is 13.2 Å². The normalized spacial score (nSPS) is 16.2. The van der Waals surface area contributed by atoms with Crippen LogP contribution in [0.25, 0.3) is 11.0 Å². The maximum atomic E-state index is 12.8. The Bertz CT molecular complexity index is 973. The number of amides is 1. The van der Waals surface area contributed by atoms with Gasteiger partial charge in [0, 0.05) is 33.6 Å². The minimum Gasteiger partial charge on any atom is -0.327 e. The molecule has 0 saturated carbocycles. The molecule has 0 bridgehead atoms. The summed E-state index contributed by atoms with van der Waals surface area (Å²) in [5, 5.41) is 0. The first-order valence-corrected chi connectivity index (χ1v) is 9.14. The maximum Gasteiger partial charge on any atom is 0.328 e. The smallest absolute Gasteiger partial charge is 0.327 e. The summed E-state index contributed by atoms with van der Waals surface area (Å²) in [5.74, 6) is -0.0615. The van der Waals surface area contributed by atoms with Crippen molar-refractivity contribution in [2.45, 2.75) is 18.2 Å². The van der Waals surface area contributed by atoms with E-state index < -0.39 is 10.0 Å². The van der Waals surface area contributed by atoms with Crippen LogP contribution in [0.4, 0.5) is 0 Å². The second-order valence-electron chi connectivity index (χ2n) is 5.88. The van der Waals surface area contributed by atoms with E-state index in [1.54, 1.807) is 27.1 Å². The molecule has 0 radical (unpaired) electrons. The molecule has 1 aliphatic heterocycles. The number of imidazole rings is 1. The predicted octanol–water partition coefficient (Wildman–Crippen LogP) is 0.0774. The number of hydrogen-bond donors (Lipinski definition) is 0. The zero-order chi connectivity index (χ0) is 17.6. The van der Waals surface area contributed by atoms with Crippen LogP contribution >= 0.6 is 0 Å². The average molecular weight is 352 g/mol. The number of carbonyl (C=O) groups is 1. The Balaban J connectivity index is 1.99. The first kappa shape index (κ1) is 16.7. The monoisotopic (exact) mass is 352 g/mol. The lowest BCUT2D eigenvalue weighted by molar-refractivity contribution is -0.130. The molecule has 0 spiro atoms. The van der Waals surface area contributed by atoms with E-state index in [2.05, 4.69) is 0 Å². The van der Waals surface area contributed by atoms with Crippen molar-refractivity contribution in [2.75, 3.05) is 19.8 Å². The standard InChI is InChI=1S/C15H20N4O4S/c1-4-14(20)18-7-8-19(10-18)24(22,23)11-5-6-12-13(9-11)17(3)15(21)16(12)2/h5-6,9H,4,7-8,10H2,1-3H3. The van der Waals surface area contributed by atoms with Crippen LogP contribution in [0.1, 0.15) is 13.3 Å². The number of hydrogen-bond acceptors (Lipinski definition) is 4. The molecule has 2 heterocycles. The van der Waals surface area contributed by atoms with Crippen LogP contribution in [0.3, 0.4) is 0 Å². The van der Waals surface area contributed by atoms with Gasteiger partial charge in [0.05, 0.1) is 22.6 Å². The SMILES string of the molecule is CCC(=O)N1CCN(S(=O)(=O)c2ccc3c(c2)n(C)c(=O)n3C)C1. The summed E-state index contributed by atoms with van der Waals surface area (Å²) in [4.78, 5) is 25.4. The van der Waals surface area contributed by atoms with E-state index in [0.717, 1.165) is 0 Å². The average Bonchev–Trinajstić information content (AvgIpc) is 3.15. The number of aryl methyl sites for hydroxylation is 2. The van der Waals surface area contributed by atoms with Crippen molar-refractivity contribution in [3.63, 3.8) is 0 Å². The van der Waals surface area contributed by atoms with E-state index in [4.69, 9.17) is 0 Å². The third-order valence-electron chi connectivity index (χ3n) is 4.48. The van der Waals surface area contributed by atoms with Gasteiger partial charge in [-0.25, -0.2) is 13.2 Å². The van der Waals surface area contributed by atoms with Gasteiger partial charge < -0.3 is 4.90 Å². The second kappa shape index (κ2) is 5.75. The Labute approximate surface area is 139 Å². The topological polar surface area (TPSA) is 84.6 Å². The van der Waals surface area contributed by atoms with Crippen LogP contribution in [0.15, 0.2) is 27.9 Å². The summed E-state index contributed by atoms with van der Waals surface area (Å²) >= 11 is 0. The zero-order valence-corrected chi connectivity index (χ0v) is 14.7. The molecule has 1 aliphatic rings. The van der Waals surface area contributed by atoms with Crippen LogP contribution in [0, 0.1) is 0 Å². The Morgan fingerprint density at radius 1 is 1.12 bits per heavy atom. The fourth-order valence-electron chi connectivity index (χ4n) is 2.98. The Morgan fingerprint density at radius 2 is 1.79 bits per heavy atom. The molecule has 9 heteroatoms. The molecule has 0 aliphatic carbocycles. The molecular weight excluding hydrogens is 332 g/mol. The van der Waals surface area contributed by atoms with Gasteiger partial charge in [-0.05, 0) is 18.2 Å². The van der Waals surface area contributed by atoms with E-state index in [9.17, 15) is 18.0 Å². The lowest BCUT2D eigenvalue weighted by Crippen LogP contribution is -2.33. The number of benzene rings is 1. The summed E-state index contributed by atoms with van der Waals surface area (Å²) in [5.41, 5.74) is 1.02. The van der Waals surface area contributed by atoms with Gasteiger partial charge in [-0.1, -0.05) is 6.92 Å². The van der Waals surface area contributed by atoms with Gasteiger partial charge in [-0.3, -0.25) is 13.9 Å². The minimum atomic E-state index is -3.71. The number of sulfonamides is 1. The van der Waals surface area contributed by atoms with Gasteiger partial charge in [0.25, 0.3) is 0 Å². The lowest BCUT2D eigenvalue weighted by Gasteiger charge is -2.18. The molecule has 2 aromatic rings. The fourth-order valence-corrected chi connectivity index (χ4v) is 4.40. The third-order valence-corrected chi connectivity index (χ3v) is 6.31. The Morgan fingerprint density at radius 3 is 2.46 bits per heavy atom. The Kier molecular flexibility index (Phi) is 4.00. The highest BCUT2D eigenvalue weighted by Gasteiger charge is 2.33. The van der Waals surface area contributed by atoms with Crippen LogP contribution in [-0.2, 0) is 28.9 Å². The van der Waals surface area contributed by atoms with Crippen molar-refractivity contribution in [1.29, 1.82) is 0 Å². The highest BCUT2D eigenvalue weighted by Crippen LogP contribution is 2.23. The molecule has 0 N–H and O–H groups in total. The van der Waals surface area contributed by atoms with Crippen molar-refractivity contribution in [2.24, 2.45) is 14.1 Å². The van der Waals surface area contributed by atoms with Crippen LogP contribution < -0.4 is 5.69 Å². The zero-order valence-electron chi connectivity index (χ0n) is 13.9. The molecule has 0 unspecified atom stereocenters. The molecule has 8 nitrogen and oxygen atoms in total. The minimum absolute atomic E-state index is 0.0615. The van der Waals surface area contributed by atoms with Gasteiger partial charge in [0.2, 0.25) is 15.9 Å². The quantitative estimate of drug-likeness (QED) is 0.783. The van der Waals surface area contributed by atoms with Gasteiger partial charge in [0.1, 0.15) is 0 Å². The number of carbonyl (C=O) groups excluding carboxylic acids is 1. The summed E-state index contributed by atoms with van der Waals surface area (Å²) < 4.78 is 29.9. The van der Waals surface area contributed by atoms with Crippen LogP contribution in [0.2, 0.25) is 0 Å². The van der Waals surface area contributed by atoms with Gasteiger partial charge in [-0.2, -0.15) is 4.31 Å². The van der Waals surface area contributed by atoms with Crippen molar-refractivity contribution in [3.05, 3.63) is 28.7 Å². The number of nitrogens with zero attached hydrogens (tertiary/aromatic N) is 4. The number of fused-ring (bicyclic) bond motifs is 1. The highest BCUT2D eigenvalue weighted by atomic mass is 32.2. The van der Waals surface area contributed by atoms with E-state index in [1.165, 1.54) is 30.5 Å². The molecule has 0 atom stereocenters. The summed E-state index contributed by atoms with van der Waals surface area (Å²) in [6.45, 7) is 2.50. The third kappa shape index (κ3) is 2.44. The van der Waals surface area contributed by atoms with Crippen molar-refractivity contribution >= 4 is 27.0 Å². The summed E-state index contributed by atoms with van der Waals surface area (Å²) in [7, 11) is -0.454. The van der Waals surface area contributed by atoms with Gasteiger partial charge in [-0.15, -0.1) is 0 Å². The fraction of sp³-hybridized carbons (Fsp3) is 0.467. The van der Waals surface area contributed by atoms with E-state index >= 15 is 0 Å². The molecular formula is C15H20N4O4S. The first-order chi connectivity index (χ1) is 11.3. The largest absolute Gasteiger partial charge is 0.328 e. The van der Waals surface area contributed by atoms with Gasteiger partial charge in [0.15, 0.2) is 0 Å². The summed E-state index contributed by atoms with van der Waals surface area (Å²) in [6.07, 6.45) is 0.353. The molecule has 1 amide bonds. The van der Waals surface area contributed by atoms with E-state index in [1.807, 2.05) is 0 Å². The predicted molar refractivity (Wildman–Crippen MR) is 88.9 cm³/mol. The lowest BCUT2D eigenvalue weighted by atomic mass is 10.3.